The van der Waals surface area contributed by atoms with Crippen molar-refractivity contribution < 1.29 is 19.1 Å². The number of ether oxygens (including phenoxy) is 1. The van der Waals surface area contributed by atoms with E-state index in [9.17, 15) is 14.4 Å². The summed E-state index contributed by atoms with van der Waals surface area (Å²) in [4.78, 5) is 39.8. The molecule has 3 aromatic carbocycles. The van der Waals surface area contributed by atoms with Crippen molar-refractivity contribution in [1.29, 1.82) is 0 Å². The predicted molar refractivity (Wildman–Crippen MR) is 171 cm³/mol. The maximum absolute atomic E-state index is 13.5. The van der Waals surface area contributed by atoms with E-state index >= 15 is 0 Å². The summed E-state index contributed by atoms with van der Waals surface area (Å²) in [6, 6.07) is 17.8. The van der Waals surface area contributed by atoms with Gasteiger partial charge in [0.1, 0.15) is 6.61 Å². The number of anilines is 4. The number of nitrogens with two attached hydrogens (primary N) is 1. The van der Waals surface area contributed by atoms with Crippen LogP contribution in [0.3, 0.4) is 0 Å². The van der Waals surface area contributed by atoms with E-state index in [0.29, 0.717) is 44.9 Å². The van der Waals surface area contributed by atoms with Crippen molar-refractivity contribution >= 4 is 82.2 Å². The Morgan fingerprint density at radius 1 is 1.07 bits per heavy atom. The zero-order chi connectivity index (χ0) is 29.7. The number of likely N-dealkylation sites (N-methyl/N-ethyl adjacent to an activating group) is 1. The number of amides is 3. The molecule has 4 rings (SSSR count). The topological polar surface area (TPSA) is 117 Å². The Balaban J connectivity index is 0.00000484. The van der Waals surface area contributed by atoms with Crippen LogP contribution >= 0.6 is 35.6 Å². The van der Waals surface area contributed by atoms with E-state index < -0.39 is 0 Å². The molecule has 220 valence electrons. The molecule has 0 radical (unpaired) electrons. The average molecular weight is 631 g/mol. The summed E-state index contributed by atoms with van der Waals surface area (Å²) in [6.45, 7) is 3.00. The Labute approximate surface area is 260 Å². The number of rotatable bonds is 8. The fourth-order valence-corrected chi connectivity index (χ4v) is 4.82. The Hall–Kier alpha value is -4.02. The number of benzene rings is 3. The molecule has 1 aliphatic rings. The second-order valence-corrected chi connectivity index (χ2v) is 9.96. The van der Waals surface area contributed by atoms with Crippen LogP contribution in [0.2, 0.25) is 10.0 Å². The van der Waals surface area contributed by atoms with Crippen molar-refractivity contribution in [2.24, 2.45) is 5.73 Å². The van der Waals surface area contributed by atoms with E-state index in [4.69, 9.17) is 33.7 Å². The normalized spacial score (nSPS) is 12.3. The molecule has 12 heteroatoms. The number of para-hydroxylation sites is 2. The molecule has 3 aromatic rings. The minimum absolute atomic E-state index is 0. The number of hydrogen-bond donors (Lipinski definition) is 3. The van der Waals surface area contributed by atoms with Gasteiger partial charge in [-0.15, -0.1) is 12.4 Å². The Bertz CT molecular complexity index is 1560. The van der Waals surface area contributed by atoms with E-state index in [-0.39, 0.29) is 48.3 Å². The fourth-order valence-electron chi connectivity index (χ4n) is 4.21. The molecule has 0 saturated carbocycles. The predicted octanol–water partition coefficient (Wildman–Crippen LogP) is 6.17. The third-order valence-corrected chi connectivity index (χ3v) is 7.14. The first-order valence-corrected chi connectivity index (χ1v) is 13.4. The van der Waals surface area contributed by atoms with Crippen LogP contribution in [0.4, 0.5) is 22.7 Å². The summed E-state index contributed by atoms with van der Waals surface area (Å²) in [6.07, 6.45) is 3.17. The van der Waals surface area contributed by atoms with E-state index in [2.05, 4.69) is 10.6 Å². The van der Waals surface area contributed by atoms with Crippen LogP contribution in [0.15, 0.2) is 78.3 Å². The molecule has 0 aromatic heterocycles. The molecule has 0 saturated heterocycles. The summed E-state index contributed by atoms with van der Waals surface area (Å²) in [5, 5.41) is 6.58. The van der Waals surface area contributed by atoms with E-state index in [0.717, 1.165) is 5.56 Å². The minimum atomic E-state index is -0.309. The second kappa shape index (κ2) is 14.2. The monoisotopic (exact) mass is 629 g/mol. The first kappa shape index (κ1) is 32.5. The second-order valence-electron chi connectivity index (χ2n) is 9.17. The molecule has 0 aliphatic carbocycles. The molecule has 0 unspecified atom stereocenters. The molecule has 0 fully saturated rings. The maximum atomic E-state index is 13.5. The lowest BCUT2D eigenvalue weighted by molar-refractivity contribution is -0.117. The lowest BCUT2D eigenvalue weighted by Gasteiger charge is -2.32. The van der Waals surface area contributed by atoms with Gasteiger partial charge < -0.3 is 26.0 Å². The number of nitrogens with zero attached hydrogens (tertiary/aromatic N) is 2. The zero-order valence-corrected chi connectivity index (χ0v) is 25.4. The van der Waals surface area contributed by atoms with Crippen LogP contribution in [0, 0.1) is 0 Å². The first-order chi connectivity index (χ1) is 19.6. The Kier molecular flexibility index (Phi) is 11.0. The van der Waals surface area contributed by atoms with Crippen molar-refractivity contribution in [3.05, 3.63) is 99.5 Å². The molecule has 0 bridgehead atoms. The highest BCUT2D eigenvalue weighted by Gasteiger charge is 2.28. The van der Waals surface area contributed by atoms with Gasteiger partial charge in [-0.3, -0.25) is 19.3 Å². The van der Waals surface area contributed by atoms with Gasteiger partial charge in [-0.2, -0.15) is 0 Å². The highest BCUT2D eigenvalue weighted by atomic mass is 35.5. The number of halogens is 3. The van der Waals surface area contributed by atoms with Gasteiger partial charge >= 0.3 is 0 Å². The van der Waals surface area contributed by atoms with Gasteiger partial charge in [-0.1, -0.05) is 47.5 Å². The third-order valence-electron chi connectivity index (χ3n) is 6.36. The molecule has 4 N–H and O–H groups in total. The van der Waals surface area contributed by atoms with E-state index in [1.165, 1.54) is 17.9 Å². The minimum Gasteiger partial charge on any atom is -0.473 e. The summed E-state index contributed by atoms with van der Waals surface area (Å²) in [5.41, 5.74) is 9.74. The van der Waals surface area contributed by atoms with Crippen molar-refractivity contribution in [3.63, 3.8) is 0 Å². The smallest absolute Gasteiger partial charge is 0.255 e. The standard InChI is InChI=1S/C30H29Cl2N5O4.ClH/c1-18-30(41-17-22-23(31)13-14-26(29(22)32)36(3)28(40)16-33)35-24-6-4-5-7-25(24)37(18)27(39)15-10-20-8-11-21(12-9-20)34-19(2)38;/h4-15,35H,16-17,33H2,1-3H3,(H,34,38);1H. The van der Waals surface area contributed by atoms with Gasteiger partial charge in [-0.05, 0) is 55.0 Å². The lowest BCUT2D eigenvalue weighted by Crippen LogP contribution is -2.34. The molecule has 0 spiro atoms. The highest BCUT2D eigenvalue weighted by molar-refractivity contribution is 6.38. The van der Waals surface area contributed by atoms with Crippen LogP contribution < -0.4 is 26.2 Å². The van der Waals surface area contributed by atoms with Crippen LogP contribution in [0.25, 0.3) is 6.08 Å². The molecule has 0 atom stereocenters. The SMILES string of the molecule is CC(=O)Nc1ccc(C=CC(=O)N2C(C)=C(OCc3c(Cl)ccc(N(C)C(=O)CN)c3Cl)Nc3ccccc32)cc1.Cl. The van der Waals surface area contributed by atoms with Gasteiger partial charge in [0.2, 0.25) is 17.7 Å². The molecule has 1 aliphatic heterocycles. The molecule has 42 heavy (non-hydrogen) atoms. The zero-order valence-electron chi connectivity index (χ0n) is 23.1. The van der Waals surface area contributed by atoms with Crippen LogP contribution in [0.5, 0.6) is 0 Å². The lowest BCUT2D eigenvalue weighted by atomic mass is 10.1. The Morgan fingerprint density at radius 2 is 1.76 bits per heavy atom. The molecule has 9 nitrogen and oxygen atoms in total. The van der Waals surface area contributed by atoms with Crippen LogP contribution in [-0.4, -0.2) is 31.3 Å². The quantitative estimate of drug-likeness (QED) is 0.256. The van der Waals surface area contributed by atoms with Gasteiger partial charge in [0.25, 0.3) is 5.91 Å². The summed E-state index contributed by atoms with van der Waals surface area (Å²) >= 11 is 13.1. The summed E-state index contributed by atoms with van der Waals surface area (Å²) in [5.74, 6) is -0.416. The summed E-state index contributed by atoms with van der Waals surface area (Å²) in [7, 11) is 1.58. The third kappa shape index (κ3) is 7.24. The fraction of sp³-hybridized carbons (Fsp3) is 0.167. The highest BCUT2D eigenvalue weighted by Crippen LogP contribution is 2.38. The van der Waals surface area contributed by atoms with Gasteiger partial charge in [0.05, 0.1) is 34.3 Å². The average Bonchev–Trinajstić information content (AvgIpc) is 2.95. The summed E-state index contributed by atoms with van der Waals surface area (Å²) < 4.78 is 6.13. The van der Waals surface area contributed by atoms with Crippen LogP contribution in [0.1, 0.15) is 25.0 Å². The largest absolute Gasteiger partial charge is 0.473 e. The van der Waals surface area contributed by atoms with Crippen molar-refractivity contribution in [1.82, 2.24) is 0 Å². The molecular weight excluding hydrogens is 601 g/mol. The first-order valence-electron chi connectivity index (χ1n) is 12.6. The number of hydrogen-bond acceptors (Lipinski definition) is 6. The van der Waals surface area contributed by atoms with Gasteiger partial charge in [0.15, 0.2) is 0 Å². The number of nitrogens with one attached hydrogen (secondary N) is 2. The van der Waals surface area contributed by atoms with E-state index in [1.54, 1.807) is 61.3 Å². The molecule has 3 amide bonds. The Morgan fingerprint density at radius 3 is 2.43 bits per heavy atom. The maximum Gasteiger partial charge on any atom is 0.255 e. The van der Waals surface area contributed by atoms with Crippen molar-refractivity contribution in [2.45, 2.75) is 20.5 Å². The van der Waals surface area contributed by atoms with Gasteiger partial charge in [-0.25, -0.2) is 0 Å². The van der Waals surface area contributed by atoms with E-state index in [1.807, 2.05) is 24.3 Å². The number of fused-ring (bicyclic) bond motifs is 1. The van der Waals surface area contributed by atoms with Gasteiger partial charge in [0, 0.05) is 36.3 Å². The molecular formula is C30H30Cl3N5O4. The van der Waals surface area contributed by atoms with Crippen molar-refractivity contribution in [3.8, 4) is 0 Å². The number of carbonyl (C=O) groups is 3. The number of allylic oxidation sites excluding steroid dienone is 1. The van der Waals surface area contributed by atoms with Crippen LogP contribution in [-0.2, 0) is 25.7 Å². The number of carbonyl (C=O) groups excluding carboxylic acids is 3. The molecule has 1 heterocycles. The van der Waals surface area contributed by atoms with Crippen molar-refractivity contribution in [2.75, 3.05) is 34.0 Å².